The first-order valence-electron chi connectivity index (χ1n) is 7.29. The average Bonchev–Trinajstić information content (AvgIpc) is 3.21. The molecule has 2 aromatic rings. The maximum atomic E-state index is 12.6. The lowest BCUT2D eigenvalue weighted by Gasteiger charge is -2.27. The van der Waals surface area contributed by atoms with Crippen molar-refractivity contribution in [3.63, 3.8) is 0 Å². The van der Waals surface area contributed by atoms with Gasteiger partial charge in [0, 0.05) is 6.92 Å². The van der Waals surface area contributed by atoms with Crippen LogP contribution in [0.1, 0.15) is 47.4 Å². The number of benzene rings is 1. The Morgan fingerprint density at radius 1 is 1.41 bits per heavy atom. The van der Waals surface area contributed by atoms with Crippen molar-refractivity contribution in [1.29, 1.82) is 0 Å². The molecule has 1 amide bonds. The molecule has 1 heterocycles. The highest BCUT2D eigenvalue weighted by molar-refractivity contribution is 6.33. The van der Waals surface area contributed by atoms with E-state index in [1.807, 2.05) is 19.9 Å². The van der Waals surface area contributed by atoms with Crippen molar-refractivity contribution in [2.75, 3.05) is 0 Å². The normalized spacial score (nSPS) is 17.1. The Bertz CT molecular complexity index is 724. The zero-order valence-electron chi connectivity index (χ0n) is 12.8. The van der Waals surface area contributed by atoms with Gasteiger partial charge in [0.15, 0.2) is 5.82 Å². The highest BCUT2D eigenvalue weighted by atomic mass is 35.5. The van der Waals surface area contributed by atoms with Gasteiger partial charge in [-0.2, -0.15) is 4.98 Å². The van der Waals surface area contributed by atoms with Gasteiger partial charge in [-0.25, -0.2) is 0 Å². The van der Waals surface area contributed by atoms with Crippen LogP contribution in [-0.2, 0) is 5.54 Å². The van der Waals surface area contributed by atoms with Crippen molar-refractivity contribution in [2.24, 2.45) is 5.92 Å². The lowest BCUT2D eigenvalue weighted by molar-refractivity contribution is 0.0885. The number of rotatable bonds is 4. The number of carbonyl (C=O) groups is 1. The molecule has 6 heteroatoms. The molecule has 0 saturated heterocycles. The summed E-state index contributed by atoms with van der Waals surface area (Å²) in [7, 11) is 0. The van der Waals surface area contributed by atoms with E-state index in [4.69, 9.17) is 16.1 Å². The molecule has 1 aliphatic rings. The maximum absolute atomic E-state index is 12.6. The molecule has 1 aromatic carbocycles. The summed E-state index contributed by atoms with van der Waals surface area (Å²) in [5.74, 6) is 1.10. The molecular weight excluding hydrogens is 302 g/mol. The second-order valence-electron chi connectivity index (χ2n) is 6.05. The van der Waals surface area contributed by atoms with Crippen LogP contribution in [0, 0.1) is 19.8 Å². The van der Waals surface area contributed by atoms with Crippen LogP contribution in [0.3, 0.4) is 0 Å². The minimum atomic E-state index is -0.636. The lowest BCUT2D eigenvalue weighted by atomic mass is 9.94. The first kappa shape index (κ1) is 15.0. The predicted molar refractivity (Wildman–Crippen MR) is 82.8 cm³/mol. The van der Waals surface area contributed by atoms with Crippen molar-refractivity contribution in [3.05, 3.63) is 46.1 Å². The van der Waals surface area contributed by atoms with Gasteiger partial charge in [0.2, 0.25) is 5.89 Å². The summed E-state index contributed by atoms with van der Waals surface area (Å²) < 4.78 is 5.08. The number of aryl methyl sites for hydroxylation is 2. The molecular formula is C16H18ClN3O2. The van der Waals surface area contributed by atoms with E-state index in [9.17, 15) is 4.79 Å². The van der Waals surface area contributed by atoms with Gasteiger partial charge in [-0.15, -0.1) is 0 Å². The first-order chi connectivity index (χ1) is 10.4. The minimum Gasteiger partial charge on any atom is -0.340 e. The van der Waals surface area contributed by atoms with E-state index in [-0.39, 0.29) is 5.91 Å². The fourth-order valence-corrected chi connectivity index (χ4v) is 2.94. The molecule has 1 atom stereocenters. The zero-order chi connectivity index (χ0) is 15.9. The van der Waals surface area contributed by atoms with Crippen LogP contribution in [-0.4, -0.2) is 16.0 Å². The Balaban J connectivity index is 1.89. The third-order valence-corrected chi connectivity index (χ3v) is 4.44. The standard InChI is InChI=1S/C16H18ClN3O2/c1-9-4-7-12(13(17)8-9)14(21)19-16(3,11-5-6-11)15-18-10(2)22-20-15/h4,7-8,11H,5-6H2,1-3H3,(H,19,21)/t16-/m0/s1. The number of aromatic nitrogens is 2. The van der Waals surface area contributed by atoms with Crippen LogP contribution in [0.25, 0.3) is 0 Å². The van der Waals surface area contributed by atoms with Crippen LogP contribution in [0.5, 0.6) is 0 Å². The Labute approximate surface area is 134 Å². The molecule has 0 aliphatic heterocycles. The van der Waals surface area contributed by atoms with E-state index < -0.39 is 5.54 Å². The van der Waals surface area contributed by atoms with E-state index in [2.05, 4.69) is 15.5 Å². The number of hydrogen-bond donors (Lipinski definition) is 1. The maximum Gasteiger partial charge on any atom is 0.253 e. The summed E-state index contributed by atoms with van der Waals surface area (Å²) in [6.45, 7) is 5.61. The van der Waals surface area contributed by atoms with E-state index >= 15 is 0 Å². The molecule has 0 spiro atoms. The number of halogens is 1. The summed E-state index contributed by atoms with van der Waals surface area (Å²) in [4.78, 5) is 16.9. The number of carbonyl (C=O) groups excluding carboxylic acids is 1. The first-order valence-corrected chi connectivity index (χ1v) is 7.67. The molecule has 1 aliphatic carbocycles. The lowest BCUT2D eigenvalue weighted by Crippen LogP contribution is -2.46. The minimum absolute atomic E-state index is 0.221. The Kier molecular flexibility index (Phi) is 3.68. The van der Waals surface area contributed by atoms with Gasteiger partial charge in [0.1, 0.15) is 5.54 Å². The molecule has 0 unspecified atom stereocenters. The predicted octanol–water partition coefficient (Wildman–Crippen LogP) is 3.40. The Hall–Kier alpha value is -1.88. The largest absolute Gasteiger partial charge is 0.340 e. The van der Waals surface area contributed by atoms with Crippen LogP contribution in [0.4, 0.5) is 0 Å². The SMILES string of the molecule is Cc1ccc(C(=O)N[C@](C)(c2noc(C)n2)C2CC2)c(Cl)c1. The van der Waals surface area contributed by atoms with Gasteiger partial charge in [-0.3, -0.25) is 4.79 Å². The fourth-order valence-electron chi connectivity index (χ4n) is 2.62. The Morgan fingerprint density at radius 3 is 2.68 bits per heavy atom. The zero-order valence-corrected chi connectivity index (χ0v) is 13.6. The molecule has 3 rings (SSSR count). The van der Waals surface area contributed by atoms with Gasteiger partial charge in [-0.1, -0.05) is 22.8 Å². The van der Waals surface area contributed by atoms with Crippen molar-refractivity contribution >= 4 is 17.5 Å². The van der Waals surface area contributed by atoms with Gasteiger partial charge in [0.05, 0.1) is 10.6 Å². The summed E-state index contributed by atoms with van der Waals surface area (Å²) in [6.07, 6.45) is 2.07. The summed E-state index contributed by atoms with van der Waals surface area (Å²) >= 11 is 6.19. The molecule has 1 N–H and O–H groups in total. The number of amides is 1. The van der Waals surface area contributed by atoms with Gasteiger partial charge < -0.3 is 9.84 Å². The van der Waals surface area contributed by atoms with Crippen molar-refractivity contribution in [3.8, 4) is 0 Å². The number of nitrogens with one attached hydrogen (secondary N) is 1. The number of nitrogens with zero attached hydrogens (tertiary/aromatic N) is 2. The third kappa shape index (κ3) is 2.73. The van der Waals surface area contributed by atoms with Crippen LogP contribution < -0.4 is 5.32 Å². The van der Waals surface area contributed by atoms with E-state index in [1.54, 1.807) is 19.1 Å². The molecule has 1 fully saturated rings. The Morgan fingerprint density at radius 2 is 2.14 bits per heavy atom. The van der Waals surface area contributed by atoms with Gasteiger partial charge >= 0.3 is 0 Å². The third-order valence-electron chi connectivity index (χ3n) is 4.13. The van der Waals surface area contributed by atoms with E-state index in [0.29, 0.717) is 28.2 Å². The summed E-state index contributed by atoms with van der Waals surface area (Å²) in [6, 6.07) is 5.39. The van der Waals surface area contributed by atoms with Crippen molar-refractivity contribution in [1.82, 2.24) is 15.5 Å². The van der Waals surface area contributed by atoms with Gasteiger partial charge in [-0.05, 0) is 50.3 Å². The highest BCUT2D eigenvalue weighted by Crippen LogP contribution is 2.44. The van der Waals surface area contributed by atoms with Crippen LogP contribution >= 0.6 is 11.6 Å². The molecule has 116 valence electrons. The highest BCUT2D eigenvalue weighted by Gasteiger charge is 2.47. The molecule has 0 bridgehead atoms. The molecule has 1 aromatic heterocycles. The smallest absolute Gasteiger partial charge is 0.253 e. The van der Waals surface area contributed by atoms with Crippen LogP contribution in [0.15, 0.2) is 22.7 Å². The molecule has 1 saturated carbocycles. The second kappa shape index (κ2) is 5.39. The summed E-state index contributed by atoms with van der Waals surface area (Å²) in [5.41, 5.74) is 0.836. The van der Waals surface area contributed by atoms with E-state index in [0.717, 1.165) is 18.4 Å². The monoisotopic (exact) mass is 319 g/mol. The molecule has 22 heavy (non-hydrogen) atoms. The quantitative estimate of drug-likeness (QED) is 0.937. The summed E-state index contributed by atoms with van der Waals surface area (Å²) in [5, 5.41) is 7.50. The van der Waals surface area contributed by atoms with Crippen LogP contribution in [0.2, 0.25) is 5.02 Å². The fraction of sp³-hybridized carbons (Fsp3) is 0.438. The van der Waals surface area contributed by atoms with Crippen molar-refractivity contribution in [2.45, 2.75) is 39.2 Å². The van der Waals surface area contributed by atoms with Gasteiger partial charge in [0.25, 0.3) is 5.91 Å². The topological polar surface area (TPSA) is 68.0 Å². The molecule has 0 radical (unpaired) electrons. The van der Waals surface area contributed by atoms with E-state index in [1.165, 1.54) is 0 Å². The molecule has 5 nitrogen and oxygen atoms in total. The number of hydrogen-bond acceptors (Lipinski definition) is 4. The average molecular weight is 320 g/mol. The van der Waals surface area contributed by atoms with Crippen molar-refractivity contribution < 1.29 is 9.32 Å². The second-order valence-corrected chi connectivity index (χ2v) is 6.46.